The van der Waals surface area contributed by atoms with E-state index < -0.39 is 11.7 Å². The van der Waals surface area contributed by atoms with Gasteiger partial charge in [0, 0.05) is 19.1 Å². The molecule has 1 fully saturated rings. The lowest BCUT2D eigenvalue weighted by atomic mass is 10.1. The highest BCUT2D eigenvalue weighted by Crippen LogP contribution is 2.31. The summed E-state index contributed by atoms with van der Waals surface area (Å²) in [6, 6.07) is 5.64. The third-order valence-electron chi connectivity index (χ3n) is 3.42. The molecule has 1 aromatic rings. The first-order valence-electron chi connectivity index (χ1n) is 6.47. The summed E-state index contributed by atoms with van der Waals surface area (Å²) in [5, 5.41) is 12.0. The average Bonchev–Trinajstić information content (AvgIpc) is 3.21. The predicted molar refractivity (Wildman–Crippen MR) is 70.3 cm³/mol. The van der Waals surface area contributed by atoms with Crippen molar-refractivity contribution in [2.45, 2.75) is 25.1 Å². The highest BCUT2D eigenvalue weighted by atomic mass is 19.4. The Bertz CT molecular complexity index is 515. The van der Waals surface area contributed by atoms with E-state index in [4.69, 9.17) is 5.26 Å². The van der Waals surface area contributed by atoms with Crippen molar-refractivity contribution in [3.63, 3.8) is 0 Å². The van der Waals surface area contributed by atoms with Crippen LogP contribution in [0, 0.1) is 11.3 Å². The van der Waals surface area contributed by atoms with Crippen LogP contribution < -0.4 is 5.32 Å². The van der Waals surface area contributed by atoms with E-state index in [0.717, 1.165) is 18.7 Å². The molecule has 0 aliphatic heterocycles. The summed E-state index contributed by atoms with van der Waals surface area (Å²) in [6.07, 6.45) is -2.00. The molecule has 1 aliphatic carbocycles. The van der Waals surface area contributed by atoms with Gasteiger partial charge < -0.3 is 10.2 Å². The van der Waals surface area contributed by atoms with Crippen LogP contribution in [0.1, 0.15) is 24.0 Å². The average molecular weight is 283 g/mol. The summed E-state index contributed by atoms with van der Waals surface area (Å²) in [4.78, 5) is 2.21. The van der Waals surface area contributed by atoms with Gasteiger partial charge in [-0.2, -0.15) is 18.4 Å². The van der Waals surface area contributed by atoms with Gasteiger partial charge >= 0.3 is 6.18 Å². The summed E-state index contributed by atoms with van der Waals surface area (Å²) in [6.45, 7) is 1.41. The van der Waals surface area contributed by atoms with Crippen molar-refractivity contribution in [2.24, 2.45) is 0 Å². The Balaban J connectivity index is 1.98. The van der Waals surface area contributed by atoms with Crippen molar-refractivity contribution in [3.8, 4) is 6.07 Å². The Hall–Kier alpha value is -1.74. The first-order valence-corrected chi connectivity index (χ1v) is 6.47. The minimum absolute atomic E-state index is 0.0221. The molecule has 0 aromatic heterocycles. The van der Waals surface area contributed by atoms with E-state index in [1.54, 1.807) is 6.07 Å². The predicted octanol–water partition coefficient (Wildman–Crippen LogP) is 3.08. The number of likely N-dealkylation sites (N-methyl/N-ethyl adjacent to an activating group) is 1. The minimum atomic E-state index is -4.42. The number of alkyl halides is 3. The van der Waals surface area contributed by atoms with Crippen molar-refractivity contribution in [1.82, 2.24) is 4.90 Å². The summed E-state index contributed by atoms with van der Waals surface area (Å²) in [7, 11) is 2.03. The summed E-state index contributed by atoms with van der Waals surface area (Å²) < 4.78 is 37.7. The van der Waals surface area contributed by atoms with Gasteiger partial charge in [-0.15, -0.1) is 0 Å². The Labute approximate surface area is 116 Å². The molecule has 3 nitrogen and oxygen atoms in total. The van der Waals surface area contributed by atoms with Gasteiger partial charge in [0.25, 0.3) is 0 Å². The van der Waals surface area contributed by atoms with Gasteiger partial charge in [0.15, 0.2) is 0 Å². The zero-order chi connectivity index (χ0) is 14.8. The van der Waals surface area contributed by atoms with E-state index >= 15 is 0 Å². The third kappa shape index (κ3) is 3.64. The zero-order valence-corrected chi connectivity index (χ0v) is 11.2. The van der Waals surface area contributed by atoms with Crippen LogP contribution in [0.4, 0.5) is 18.9 Å². The van der Waals surface area contributed by atoms with Crippen molar-refractivity contribution < 1.29 is 13.2 Å². The number of nitriles is 1. The molecule has 1 aliphatic rings. The number of nitrogens with one attached hydrogen (secondary N) is 1. The Morgan fingerprint density at radius 1 is 1.40 bits per heavy atom. The molecule has 0 amide bonds. The molecule has 20 heavy (non-hydrogen) atoms. The zero-order valence-electron chi connectivity index (χ0n) is 11.2. The van der Waals surface area contributed by atoms with E-state index in [1.807, 2.05) is 7.05 Å². The van der Waals surface area contributed by atoms with Crippen molar-refractivity contribution in [2.75, 3.05) is 25.5 Å². The second-order valence-electron chi connectivity index (χ2n) is 5.01. The fourth-order valence-electron chi connectivity index (χ4n) is 2.03. The lowest BCUT2D eigenvalue weighted by Gasteiger charge is -2.17. The standard InChI is InChI=1S/C14H16F3N3/c1-20(12-3-4-12)7-6-19-13-5-2-11(14(15,16)17)8-10(13)9-18/h2,5,8,12,19H,3-4,6-7H2,1H3. The molecule has 0 radical (unpaired) electrons. The molecule has 6 heteroatoms. The Kier molecular flexibility index (Phi) is 4.19. The van der Waals surface area contributed by atoms with Crippen LogP contribution in [0.15, 0.2) is 18.2 Å². The first kappa shape index (κ1) is 14.7. The van der Waals surface area contributed by atoms with Crippen molar-refractivity contribution in [3.05, 3.63) is 29.3 Å². The molecule has 0 heterocycles. The largest absolute Gasteiger partial charge is 0.416 e. The van der Waals surface area contributed by atoms with Gasteiger partial charge in [-0.3, -0.25) is 0 Å². The fraction of sp³-hybridized carbons (Fsp3) is 0.500. The smallest absolute Gasteiger partial charge is 0.383 e. The molecule has 108 valence electrons. The fourth-order valence-corrected chi connectivity index (χ4v) is 2.03. The molecule has 0 saturated heterocycles. The van der Waals surface area contributed by atoms with Crippen LogP contribution >= 0.6 is 0 Å². The summed E-state index contributed by atoms with van der Waals surface area (Å²) in [5.74, 6) is 0. The molecule has 1 aromatic carbocycles. The monoisotopic (exact) mass is 283 g/mol. The maximum absolute atomic E-state index is 12.6. The number of hydrogen-bond acceptors (Lipinski definition) is 3. The normalized spacial score (nSPS) is 15.2. The highest BCUT2D eigenvalue weighted by Gasteiger charge is 2.31. The van der Waals surface area contributed by atoms with Crippen molar-refractivity contribution in [1.29, 1.82) is 5.26 Å². The number of rotatable bonds is 5. The van der Waals surface area contributed by atoms with Crippen molar-refractivity contribution >= 4 is 5.69 Å². The number of hydrogen-bond donors (Lipinski definition) is 1. The second kappa shape index (κ2) is 5.71. The van der Waals surface area contributed by atoms with Gasteiger partial charge in [0.1, 0.15) is 6.07 Å². The number of anilines is 1. The molecule has 2 rings (SSSR count). The quantitative estimate of drug-likeness (QED) is 0.902. The van der Waals surface area contributed by atoms with E-state index in [-0.39, 0.29) is 5.56 Å². The number of benzene rings is 1. The molecule has 0 atom stereocenters. The van der Waals surface area contributed by atoms with E-state index in [0.29, 0.717) is 18.3 Å². The topological polar surface area (TPSA) is 39.1 Å². The molecular formula is C14H16F3N3. The molecule has 1 N–H and O–H groups in total. The Morgan fingerprint density at radius 2 is 2.10 bits per heavy atom. The van der Waals surface area contributed by atoms with Gasteiger partial charge in [0.05, 0.1) is 16.8 Å². The lowest BCUT2D eigenvalue weighted by molar-refractivity contribution is -0.137. The van der Waals surface area contributed by atoms with Crippen LogP contribution in [0.25, 0.3) is 0 Å². The van der Waals surface area contributed by atoms with E-state index in [2.05, 4.69) is 10.2 Å². The SMILES string of the molecule is CN(CCNc1ccc(C(F)(F)F)cc1C#N)C1CC1. The number of halogens is 3. The molecule has 1 saturated carbocycles. The van der Waals surface area contributed by atoms with Gasteiger partial charge in [-0.1, -0.05) is 0 Å². The highest BCUT2D eigenvalue weighted by molar-refractivity contribution is 5.59. The van der Waals surface area contributed by atoms with Gasteiger partial charge in [-0.25, -0.2) is 0 Å². The molecule has 0 spiro atoms. The van der Waals surface area contributed by atoms with Gasteiger partial charge in [0.2, 0.25) is 0 Å². The number of nitrogens with zero attached hydrogens (tertiary/aromatic N) is 2. The van der Waals surface area contributed by atoms with E-state index in [9.17, 15) is 13.2 Å². The lowest BCUT2D eigenvalue weighted by Crippen LogP contribution is -2.27. The van der Waals surface area contributed by atoms with Crippen LogP contribution in [-0.4, -0.2) is 31.1 Å². The third-order valence-corrected chi connectivity index (χ3v) is 3.42. The summed E-state index contributed by atoms with van der Waals surface area (Å²) >= 11 is 0. The van der Waals surface area contributed by atoms with Crippen LogP contribution in [0.5, 0.6) is 0 Å². The Morgan fingerprint density at radius 3 is 2.65 bits per heavy atom. The summed E-state index contributed by atoms with van der Waals surface area (Å²) in [5.41, 5.74) is -0.326. The first-order chi connectivity index (χ1) is 9.41. The second-order valence-corrected chi connectivity index (χ2v) is 5.01. The van der Waals surface area contributed by atoms with Crippen LogP contribution in [0.3, 0.4) is 0 Å². The van der Waals surface area contributed by atoms with Crippen LogP contribution in [-0.2, 0) is 6.18 Å². The molecular weight excluding hydrogens is 267 g/mol. The molecule has 0 unspecified atom stereocenters. The minimum Gasteiger partial charge on any atom is -0.383 e. The maximum atomic E-state index is 12.6. The molecule has 0 bridgehead atoms. The van der Waals surface area contributed by atoms with E-state index in [1.165, 1.54) is 18.9 Å². The maximum Gasteiger partial charge on any atom is 0.416 e. The van der Waals surface area contributed by atoms with Gasteiger partial charge in [-0.05, 0) is 38.1 Å². The van der Waals surface area contributed by atoms with Crippen LogP contribution in [0.2, 0.25) is 0 Å².